The van der Waals surface area contributed by atoms with Gasteiger partial charge in [-0.2, -0.15) is 0 Å². The molecule has 0 amide bonds. The van der Waals surface area contributed by atoms with Crippen molar-refractivity contribution in [3.63, 3.8) is 0 Å². The highest BCUT2D eigenvalue weighted by atomic mass is 16.5. The van der Waals surface area contributed by atoms with Gasteiger partial charge in [-0.1, -0.05) is 23.4 Å². The Morgan fingerprint density at radius 3 is 2.60 bits per heavy atom. The van der Waals surface area contributed by atoms with E-state index in [1.807, 2.05) is 26.0 Å². The van der Waals surface area contributed by atoms with Gasteiger partial charge >= 0.3 is 5.97 Å². The number of nitrogens with zero attached hydrogens (tertiary/aromatic N) is 2. The van der Waals surface area contributed by atoms with Crippen LogP contribution >= 0.6 is 0 Å². The summed E-state index contributed by atoms with van der Waals surface area (Å²) in [7, 11) is 0. The fourth-order valence-electron chi connectivity index (χ4n) is 2.32. The highest BCUT2D eigenvalue weighted by Gasteiger charge is 2.16. The van der Waals surface area contributed by atoms with E-state index in [0.29, 0.717) is 22.8 Å². The van der Waals surface area contributed by atoms with Gasteiger partial charge in [0.15, 0.2) is 0 Å². The van der Waals surface area contributed by atoms with E-state index in [2.05, 4.69) is 10.1 Å². The van der Waals surface area contributed by atoms with Gasteiger partial charge in [0.25, 0.3) is 0 Å². The molecule has 6 nitrogen and oxygen atoms in total. The molecule has 0 bridgehead atoms. The summed E-state index contributed by atoms with van der Waals surface area (Å²) in [5, 5.41) is 3.90. The van der Waals surface area contributed by atoms with E-state index in [1.54, 1.807) is 36.5 Å². The molecule has 25 heavy (non-hydrogen) atoms. The maximum Gasteiger partial charge on any atom is 0.342 e. The Kier molecular flexibility index (Phi) is 5.09. The van der Waals surface area contributed by atoms with Crippen LogP contribution in [0.3, 0.4) is 0 Å². The number of carbonyl (C=O) groups excluding carboxylic acids is 1. The van der Waals surface area contributed by atoms with Crippen LogP contribution in [0.25, 0.3) is 0 Å². The van der Waals surface area contributed by atoms with E-state index in [-0.39, 0.29) is 13.2 Å². The number of carbonyl (C=O) groups is 1. The molecule has 0 radical (unpaired) electrons. The topological polar surface area (TPSA) is 74.5 Å². The summed E-state index contributed by atoms with van der Waals surface area (Å²) in [6, 6.07) is 12.4. The molecule has 6 heteroatoms. The van der Waals surface area contributed by atoms with Gasteiger partial charge in [0.1, 0.15) is 30.3 Å². The minimum absolute atomic E-state index is 0.109. The van der Waals surface area contributed by atoms with Crippen LogP contribution < -0.4 is 4.74 Å². The minimum Gasteiger partial charge on any atom is -0.488 e. The number of aryl methyl sites for hydroxylation is 2. The van der Waals surface area contributed by atoms with Gasteiger partial charge in [-0.05, 0) is 38.1 Å². The number of hydrogen-bond acceptors (Lipinski definition) is 6. The largest absolute Gasteiger partial charge is 0.488 e. The van der Waals surface area contributed by atoms with Crippen LogP contribution in [0.2, 0.25) is 0 Å². The first-order chi connectivity index (χ1) is 12.1. The number of aromatic nitrogens is 2. The lowest BCUT2D eigenvalue weighted by Gasteiger charge is -2.11. The van der Waals surface area contributed by atoms with Gasteiger partial charge < -0.3 is 14.0 Å². The van der Waals surface area contributed by atoms with Crippen LogP contribution in [-0.2, 0) is 18.0 Å². The first-order valence-corrected chi connectivity index (χ1v) is 7.85. The van der Waals surface area contributed by atoms with E-state index < -0.39 is 5.97 Å². The first kappa shape index (κ1) is 16.7. The molecule has 0 saturated carbocycles. The van der Waals surface area contributed by atoms with Crippen molar-refractivity contribution in [3.8, 4) is 5.75 Å². The second kappa shape index (κ2) is 7.61. The number of esters is 1. The molecule has 128 valence electrons. The van der Waals surface area contributed by atoms with E-state index >= 15 is 0 Å². The molecule has 0 spiro atoms. The zero-order valence-electron chi connectivity index (χ0n) is 14.1. The Labute approximate surface area is 145 Å². The van der Waals surface area contributed by atoms with Crippen molar-refractivity contribution < 1.29 is 18.8 Å². The van der Waals surface area contributed by atoms with Gasteiger partial charge in [0.05, 0.1) is 17.0 Å². The Hall–Kier alpha value is -3.15. The molecule has 0 saturated heterocycles. The fraction of sp³-hybridized carbons (Fsp3) is 0.211. The Morgan fingerprint density at radius 1 is 1.08 bits per heavy atom. The first-order valence-electron chi connectivity index (χ1n) is 7.85. The summed E-state index contributed by atoms with van der Waals surface area (Å²) in [4.78, 5) is 16.5. The highest BCUT2D eigenvalue weighted by Crippen LogP contribution is 2.22. The molecule has 0 N–H and O–H groups in total. The minimum atomic E-state index is -0.458. The summed E-state index contributed by atoms with van der Waals surface area (Å²) >= 11 is 0. The smallest absolute Gasteiger partial charge is 0.342 e. The SMILES string of the molecule is Cc1noc(C)c1COc1ccccc1C(=O)OCc1ccccn1. The molecule has 0 fully saturated rings. The number of ether oxygens (including phenoxy) is 2. The molecular formula is C19H18N2O4. The number of benzene rings is 1. The standard InChI is InChI=1S/C19H18N2O4/c1-13-17(14(2)25-21-13)12-23-18-9-4-3-8-16(18)19(22)24-11-15-7-5-6-10-20-15/h3-10H,11-12H2,1-2H3. The zero-order valence-corrected chi connectivity index (χ0v) is 14.1. The summed E-state index contributed by atoms with van der Waals surface area (Å²) in [6.07, 6.45) is 1.66. The maximum absolute atomic E-state index is 12.4. The lowest BCUT2D eigenvalue weighted by molar-refractivity contribution is 0.0462. The molecule has 0 aliphatic carbocycles. The van der Waals surface area contributed by atoms with Crippen LogP contribution in [0.15, 0.2) is 53.2 Å². The van der Waals surface area contributed by atoms with Crippen molar-refractivity contribution in [1.82, 2.24) is 10.1 Å². The van der Waals surface area contributed by atoms with Crippen LogP contribution in [0.5, 0.6) is 5.75 Å². The Morgan fingerprint density at radius 2 is 1.88 bits per heavy atom. The predicted octanol–water partition coefficient (Wildman–Crippen LogP) is 3.62. The third-order valence-corrected chi connectivity index (χ3v) is 3.74. The molecule has 2 aromatic heterocycles. The van der Waals surface area contributed by atoms with Crippen molar-refractivity contribution in [2.45, 2.75) is 27.1 Å². The normalized spacial score (nSPS) is 10.5. The Balaban J connectivity index is 1.69. The monoisotopic (exact) mass is 338 g/mol. The van der Waals surface area contributed by atoms with Crippen molar-refractivity contribution in [2.24, 2.45) is 0 Å². The van der Waals surface area contributed by atoms with E-state index in [1.165, 1.54) is 0 Å². The number of hydrogen-bond donors (Lipinski definition) is 0. The molecule has 2 heterocycles. The molecule has 0 aliphatic heterocycles. The molecule has 0 aliphatic rings. The van der Waals surface area contributed by atoms with Crippen molar-refractivity contribution >= 4 is 5.97 Å². The number of rotatable bonds is 6. The van der Waals surface area contributed by atoms with Crippen LogP contribution in [-0.4, -0.2) is 16.1 Å². The zero-order chi connectivity index (χ0) is 17.6. The lowest BCUT2D eigenvalue weighted by Crippen LogP contribution is -2.09. The van der Waals surface area contributed by atoms with Crippen molar-refractivity contribution in [1.29, 1.82) is 0 Å². The highest BCUT2D eigenvalue weighted by molar-refractivity contribution is 5.92. The summed E-state index contributed by atoms with van der Waals surface area (Å²) in [6.45, 7) is 4.05. The van der Waals surface area contributed by atoms with Crippen molar-refractivity contribution in [3.05, 3.63) is 76.9 Å². The second-order valence-corrected chi connectivity index (χ2v) is 5.48. The van der Waals surface area contributed by atoms with Crippen LogP contribution in [0.4, 0.5) is 0 Å². The van der Waals surface area contributed by atoms with Crippen LogP contribution in [0.1, 0.15) is 33.1 Å². The van der Waals surface area contributed by atoms with E-state index in [0.717, 1.165) is 11.3 Å². The van der Waals surface area contributed by atoms with Gasteiger partial charge in [0, 0.05) is 6.20 Å². The molecule has 0 unspecified atom stereocenters. The summed E-state index contributed by atoms with van der Waals surface area (Å²) in [5.41, 5.74) is 2.69. The fourth-order valence-corrected chi connectivity index (χ4v) is 2.32. The maximum atomic E-state index is 12.4. The van der Waals surface area contributed by atoms with Gasteiger partial charge in [0.2, 0.25) is 0 Å². The summed E-state index contributed by atoms with van der Waals surface area (Å²) < 4.78 is 16.2. The third kappa shape index (κ3) is 4.03. The number of para-hydroxylation sites is 1. The molecule has 1 aromatic carbocycles. The molecule has 3 aromatic rings. The van der Waals surface area contributed by atoms with E-state index in [4.69, 9.17) is 14.0 Å². The van der Waals surface area contributed by atoms with Gasteiger partial charge in [-0.3, -0.25) is 4.98 Å². The predicted molar refractivity (Wildman–Crippen MR) is 90.1 cm³/mol. The van der Waals surface area contributed by atoms with Crippen LogP contribution in [0, 0.1) is 13.8 Å². The number of pyridine rings is 1. The average molecular weight is 338 g/mol. The second-order valence-electron chi connectivity index (χ2n) is 5.48. The van der Waals surface area contributed by atoms with Crippen molar-refractivity contribution in [2.75, 3.05) is 0 Å². The van der Waals surface area contributed by atoms with Gasteiger partial charge in [-0.15, -0.1) is 0 Å². The quantitative estimate of drug-likeness (QED) is 0.639. The Bertz CT molecular complexity index is 839. The van der Waals surface area contributed by atoms with E-state index in [9.17, 15) is 4.79 Å². The third-order valence-electron chi connectivity index (χ3n) is 3.74. The molecule has 0 atom stereocenters. The lowest BCUT2D eigenvalue weighted by atomic mass is 10.2. The summed E-state index contributed by atoms with van der Waals surface area (Å²) in [5.74, 6) is 0.696. The molecular weight excluding hydrogens is 320 g/mol. The average Bonchev–Trinajstić information content (AvgIpc) is 2.97. The van der Waals surface area contributed by atoms with Gasteiger partial charge in [-0.25, -0.2) is 4.79 Å². The molecule has 3 rings (SSSR count).